The SMILES string of the molecule is [C-]#[N+]C1CCCS1(=O)=O. The maximum atomic E-state index is 10.8. The van der Waals surface area contributed by atoms with Gasteiger partial charge in [0.05, 0.1) is 5.75 Å². The molecular weight excluding hydrogens is 138 g/mol. The molecule has 0 N–H and O–H groups in total. The average molecular weight is 145 g/mol. The molecule has 0 aromatic heterocycles. The van der Waals surface area contributed by atoms with E-state index in [2.05, 4.69) is 4.85 Å². The second-order valence-corrected chi connectivity index (χ2v) is 4.37. The van der Waals surface area contributed by atoms with Crippen LogP contribution >= 0.6 is 0 Å². The van der Waals surface area contributed by atoms with Crippen LogP contribution in [0.2, 0.25) is 0 Å². The Morgan fingerprint density at radius 3 is 2.44 bits per heavy atom. The summed E-state index contributed by atoms with van der Waals surface area (Å²) in [5, 5.41) is -0.725. The Hall–Kier alpha value is -0.560. The van der Waals surface area contributed by atoms with E-state index in [0.29, 0.717) is 12.8 Å². The molecule has 1 fully saturated rings. The molecule has 1 heterocycles. The molecule has 0 amide bonds. The molecule has 1 aliphatic heterocycles. The summed E-state index contributed by atoms with van der Waals surface area (Å²) in [5.74, 6) is 0.208. The zero-order valence-electron chi connectivity index (χ0n) is 4.87. The third kappa shape index (κ3) is 1.06. The highest BCUT2D eigenvalue weighted by Gasteiger charge is 2.35. The molecule has 3 nitrogen and oxygen atoms in total. The number of sulfone groups is 1. The van der Waals surface area contributed by atoms with E-state index in [9.17, 15) is 8.42 Å². The molecule has 1 aliphatic rings. The first-order valence-electron chi connectivity index (χ1n) is 2.75. The minimum absolute atomic E-state index is 0.208. The van der Waals surface area contributed by atoms with Crippen LogP contribution in [-0.2, 0) is 9.84 Å². The minimum Gasteiger partial charge on any atom is -0.297 e. The van der Waals surface area contributed by atoms with E-state index in [0.717, 1.165) is 0 Å². The van der Waals surface area contributed by atoms with Crippen LogP contribution in [-0.4, -0.2) is 19.5 Å². The molecule has 0 aromatic carbocycles. The molecule has 0 spiro atoms. The number of hydrogen-bond acceptors (Lipinski definition) is 2. The second kappa shape index (κ2) is 1.99. The average Bonchev–Trinajstić information content (AvgIpc) is 2.08. The summed E-state index contributed by atoms with van der Waals surface area (Å²) in [6, 6.07) is 0. The summed E-state index contributed by atoms with van der Waals surface area (Å²) in [5.41, 5.74) is 0. The van der Waals surface area contributed by atoms with Crippen LogP contribution in [0.4, 0.5) is 0 Å². The molecule has 4 heteroatoms. The van der Waals surface area contributed by atoms with Gasteiger partial charge in [-0.2, -0.15) is 0 Å². The third-order valence-electron chi connectivity index (χ3n) is 1.44. The smallest absolute Gasteiger partial charge is 0.297 e. The van der Waals surface area contributed by atoms with Crippen LogP contribution in [0.1, 0.15) is 12.8 Å². The Morgan fingerprint density at radius 2 is 2.22 bits per heavy atom. The van der Waals surface area contributed by atoms with Gasteiger partial charge in [-0.1, -0.05) is 0 Å². The molecule has 1 rings (SSSR count). The van der Waals surface area contributed by atoms with Crippen molar-refractivity contribution in [3.8, 4) is 0 Å². The monoisotopic (exact) mass is 145 g/mol. The van der Waals surface area contributed by atoms with Crippen molar-refractivity contribution in [1.82, 2.24) is 0 Å². The molecule has 9 heavy (non-hydrogen) atoms. The van der Waals surface area contributed by atoms with Crippen LogP contribution < -0.4 is 0 Å². The second-order valence-electron chi connectivity index (χ2n) is 2.09. The Labute approximate surface area is 54.4 Å². The molecule has 0 radical (unpaired) electrons. The van der Waals surface area contributed by atoms with Gasteiger partial charge in [-0.05, 0) is 6.42 Å². The van der Waals surface area contributed by atoms with Gasteiger partial charge in [0.1, 0.15) is 0 Å². The van der Waals surface area contributed by atoms with E-state index >= 15 is 0 Å². The zero-order chi connectivity index (χ0) is 6.91. The first-order chi connectivity index (χ1) is 4.17. The van der Waals surface area contributed by atoms with Gasteiger partial charge in [-0.25, -0.2) is 15.0 Å². The van der Waals surface area contributed by atoms with Crippen LogP contribution in [0.25, 0.3) is 4.85 Å². The lowest BCUT2D eigenvalue weighted by atomic mass is 10.3. The number of rotatable bonds is 0. The van der Waals surface area contributed by atoms with Gasteiger partial charge in [0.15, 0.2) is 0 Å². The summed E-state index contributed by atoms with van der Waals surface area (Å²) in [4.78, 5) is 3.00. The van der Waals surface area contributed by atoms with E-state index in [1.807, 2.05) is 0 Å². The Kier molecular flexibility index (Phi) is 1.45. The van der Waals surface area contributed by atoms with E-state index in [1.54, 1.807) is 0 Å². The Balaban J connectivity index is 2.91. The fourth-order valence-corrected chi connectivity index (χ4v) is 2.45. The van der Waals surface area contributed by atoms with E-state index < -0.39 is 15.2 Å². The lowest BCUT2D eigenvalue weighted by molar-refractivity contribution is 0.597. The summed E-state index contributed by atoms with van der Waals surface area (Å²) in [7, 11) is -2.99. The van der Waals surface area contributed by atoms with E-state index in [1.165, 1.54) is 0 Å². The van der Waals surface area contributed by atoms with Crippen LogP contribution in [0.5, 0.6) is 0 Å². The fraction of sp³-hybridized carbons (Fsp3) is 0.800. The van der Waals surface area contributed by atoms with Gasteiger partial charge in [-0.3, -0.25) is 4.85 Å². The van der Waals surface area contributed by atoms with Gasteiger partial charge in [0, 0.05) is 6.42 Å². The maximum Gasteiger partial charge on any atom is 0.320 e. The van der Waals surface area contributed by atoms with E-state index in [-0.39, 0.29) is 5.75 Å². The highest BCUT2D eigenvalue weighted by Crippen LogP contribution is 2.20. The maximum absolute atomic E-state index is 10.8. The zero-order valence-corrected chi connectivity index (χ0v) is 5.69. The molecule has 0 aromatic rings. The first kappa shape index (κ1) is 6.56. The van der Waals surface area contributed by atoms with Crippen molar-refractivity contribution in [1.29, 1.82) is 0 Å². The van der Waals surface area contributed by atoms with Gasteiger partial charge >= 0.3 is 5.37 Å². The van der Waals surface area contributed by atoms with Gasteiger partial charge in [0.2, 0.25) is 9.84 Å². The van der Waals surface area contributed by atoms with Crippen LogP contribution in [0.15, 0.2) is 0 Å². The predicted octanol–water partition coefficient (Wildman–Crippen LogP) is 0.440. The highest BCUT2D eigenvalue weighted by atomic mass is 32.2. The Bertz CT molecular complexity index is 236. The summed E-state index contributed by atoms with van der Waals surface area (Å²) in [6.45, 7) is 6.50. The molecule has 0 saturated carbocycles. The van der Waals surface area contributed by atoms with Crippen molar-refractivity contribution in [2.24, 2.45) is 0 Å². The lowest BCUT2D eigenvalue weighted by Gasteiger charge is -1.90. The fourth-order valence-electron chi connectivity index (χ4n) is 0.920. The molecule has 1 saturated heterocycles. The van der Waals surface area contributed by atoms with E-state index in [4.69, 9.17) is 6.57 Å². The first-order valence-corrected chi connectivity index (χ1v) is 4.46. The topological polar surface area (TPSA) is 38.5 Å². The molecule has 0 bridgehead atoms. The van der Waals surface area contributed by atoms with Crippen molar-refractivity contribution in [2.45, 2.75) is 18.2 Å². The summed E-state index contributed by atoms with van der Waals surface area (Å²) < 4.78 is 21.6. The van der Waals surface area contributed by atoms with Gasteiger partial charge < -0.3 is 0 Å². The van der Waals surface area contributed by atoms with Crippen molar-refractivity contribution in [3.63, 3.8) is 0 Å². The third-order valence-corrected chi connectivity index (χ3v) is 3.47. The molecular formula is C5H7NO2S. The molecule has 50 valence electrons. The molecule has 0 aliphatic carbocycles. The van der Waals surface area contributed by atoms with Gasteiger partial charge in [0.25, 0.3) is 0 Å². The molecule has 1 unspecified atom stereocenters. The quantitative estimate of drug-likeness (QED) is 0.464. The summed E-state index contributed by atoms with van der Waals surface area (Å²) >= 11 is 0. The largest absolute Gasteiger partial charge is 0.320 e. The van der Waals surface area contributed by atoms with Crippen LogP contribution in [0, 0.1) is 6.57 Å². The lowest BCUT2D eigenvalue weighted by Crippen LogP contribution is -2.10. The standard InChI is InChI=1S/C5H7NO2S/c1-6-5-3-2-4-9(5,7)8/h5H,2-4H2. The Morgan fingerprint density at radius 1 is 1.56 bits per heavy atom. The normalized spacial score (nSPS) is 31.7. The van der Waals surface area contributed by atoms with Crippen molar-refractivity contribution < 1.29 is 8.42 Å². The van der Waals surface area contributed by atoms with Crippen molar-refractivity contribution in [2.75, 3.05) is 5.75 Å². The predicted molar refractivity (Wildman–Crippen MR) is 33.4 cm³/mol. The summed E-state index contributed by atoms with van der Waals surface area (Å²) in [6.07, 6.45) is 1.20. The number of hydrogen-bond donors (Lipinski definition) is 0. The van der Waals surface area contributed by atoms with Crippen molar-refractivity contribution in [3.05, 3.63) is 11.4 Å². The highest BCUT2D eigenvalue weighted by molar-refractivity contribution is 7.92. The van der Waals surface area contributed by atoms with Crippen molar-refractivity contribution >= 4 is 9.84 Å². The van der Waals surface area contributed by atoms with Crippen LogP contribution in [0.3, 0.4) is 0 Å². The van der Waals surface area contributed by atoms with Gasteiger partial charge in [-0.15, -0.1) is 0 Å². The molecule has 1 atom stereocenters. The number of nitrogens with zero attached hydrogens (tertiary/aromatic N) is 1. The minimum atomic E-state index is -2.99.